The number of fused-ring (bicyclic) bond motifs is 1. The van der Waals surface area contributed by atoms with Crippen molar-refractivity contribution in [1.82, 2.24) is 4.98 Å². The van der Waals surface area contributed by atoms with Gasteiger partial charge in [0.1, 0.15) is 12.4 Å². The Balaban J connectivity index is 1.41. The van der Waals surface area contributed by atoms with Crippen molar-refractivity contribution in [2.45, 2.75) is 44.0 Å². The fraction of sp³-hybridized carbons (Fsp3) is 0.294. The lowest BCUT2D eigenvalue weighted by molar-refractivity contribution is -0.138. The summed E-state index contributed by atoms with van der Waals surface area (Å²) in [5, 5.41) is 20.7. The third-order valence-electron chi connectivity index (χ3n) is 7.82. The molecular weight excluding hydrogens is 586 g/mol. The number of carboxylic acids is 1. The summed E-state index contributed by atoms with van der Waals surface area (Å²) in [6.07, 6.45) is 4.49. The number of aliphatic hydroxyl groups is 1. The van der Waals surface area contributed by atoms with E-state index >= 15 is 0 Å². The van der Waals surface area contributed by atoms with Crippen molar-refractivity contribution in [1.29, 1.82) is 0 Å². The maximum Gasteiger partial charge on any atom is 0.303 e. The molecule has 224 valence electrons. The Bertz CT molecular complexity index is 1790. The minimum absolute atomic E-state index is 0.133. The lowest BCUT2D eigenvalue weighted by atomic mass is 9.91. The molecule has 0 amide bonds. The van der Waals surface area contributed by atoms with Gasteiger partial charge in [-0.05, 0) is 68.2 Å². The van der Waals surface area contributed by atoms with E-state index in [4.69, 9.17) is 16.3 Å². The molecule has 0 radical (unpaired) electrons. The molecule has 1 aliphatic rings. The number of halogens is 1. The van der Waals surface area contributed by atoms with Crippen LogP contribution in [0.5, 0.6) is 5.75 Å². The molecule has 43 heavy (non-hydrogen) atoms. The first-order valence-electron chi connectivity index (χ1n) is 14.1. The van der Waals surface area contributed by atoms with Crippen LogP contribution in [0.1, 0.15) is 60.7 Å². The number of para-hydroxylation sites is 1. The van der Waals surface area contributed by atoms with Gasteiger partial charge in [-0.1, -0.05) is 72.3 Å². The van der Waals surface area contributed by atoms with Crippen molar-refractivity contribution < 1.29 is 28.2 Å². The predicted octanol–water partition coefficient (Wildman–Crippen LogP) is 7.08. The number of hydrogen-bond acceptors (Lipinski definition) is 6. The van der Waals surface area contributed by atoms with Crippen molar-refractivity contribution >= 4 is 50.5 Å². The molecule has 1 fully saturated rings. The number of hydrogen-bond donors (Lipinski definition) is 2. The molecule has 1 aromatic heterocycles. The Morgan fingerprint density at radius 2 is 1.79 bits per heavy atom. The van der Waals surface area contributed by atoms with Crippen LogP contribution in [0, 0.1) is 5.41 Å². The minimum atomic E-state index is -3.85. The van der Waals surface area contributed by atoms with E-state index in [2.05, 4.69) is 4.98 Å². The zero-order valence-corrected chi connectivity index (χ0v) is 25.6. The SMILES string of the molecule is CC(C)(O)c1ccccc1OCCS(=O)(=O)C(c1cccc(/C=C/c2ccc3ccc(Cl)cc3n2)c1)C1(CC(=O)O)CC1. The standard InChI is InChI=1S/C34H34ClNO6S/c1-33(2,39)28-8-3-4-9-30(28)42-18-19-43(40,41)32(34(16-17-34)22-31(37)38)25-7-5-6-23(20-25)10-14-27-15-12-24-11-13-26(35)21-29(24)36-27/h3-15,20-21,32,39H,16-19,22H2,1-2H3,(H,37,38)/b14-10+. The molecule has 1 atom stereocenters. The molecule has 0 bridgehead atoms. The maximum atomic E-state index is 14.0. The summed E-state index contributed by atoms with van der Waals surface area (Å²) in [6.45, 7) is 3.14. The Morgan fingerprint density at radius 1 is 1.05 bits per heavy atom. The van der Waals surface area contributed by atoms with Crippen molar-refractivity contribution in [2.75, 3.05) is 12.4 Å². The van der Waals surface area contributed by atoms with Crippen LogP contribution in [0.15, 0.2) is 78.9 Å². The van der Waals surface area contributed by atoms with Crippen LogP contribution in [-0.2, 0) is 20.2 Å². The second kappa shape index (κ2) is 12.1. The number of benzene rings is 3. The predicted molar refractivity (Wildman–Crippen MR) is 170 cm³/mol. The smallest absolute Gasteiger partial charge is 0.303 e. The third kappa shape index (κ3) is 7.26. The van der Waals surface area contributed by atoms with E-state index in [-0.39, 0.29) is 18.8 Å². The number of nitrogens with zero attached hydrogens (tertiary/aromatic N) is 1. The summed E-state index contributed by atoms with van der Waals surface area (Å²) in [5.74, 6) is -0.917. The second-order valence-electron chi connectivity index (χ2n) is 11.7. The highest BCUT2D eigenvalue weighted by molar-refractivity contribution is 7.91. The molecular formula is C34H34ClNO6S. The number of carbonyl (C=O) groups is 1. The molecule has 9 heteroatoms. The average molecular weight is 620 g/mol. The lowest BCUT2D eigenvalue weighted by Crippen LogP contribution is -2.30. The molecule has 3 aromatic carbocycles. The highest BCUT2D eigenvalue weighted by atomic mass is 35.5. The van der Waals surface area contributed by atoms with E-state index in [9.17, 15) is 23.4 Å². The molecule has 1 heterocycles. The van der Waals surface area contributed by atoms with Crippen LogP contribution in [0.2, 0.25) is 5.02 Å². The number of pyridine rings is 1. The van der Waals surface area contributed by atoms with Crippen LogP contribution < -0.4 is 4.74 Å². The van der Waals surface area contributed by atoms with Gasteiger partial charge in [0.2, 0.25) is 0 Å². The van der Waals surface area contributed by atoms with Crippen LogP contribution in [0.4, 0.5) is 0 Å². The van der Waals surface area contributed by atoms with Gasteiger partial charge in [0.05, 0.1) is 34.2 Å². The van der Waals surface area contributed by atoms with Crippen molar-refractivity contribution in [3.8, 4) is 5.75 Å². The number of sulfone groups is 1. The third-order valence-corrected chi connectivity index (χ3v) is 10.3. The molecule has 1 unspecified atom stereocenters. The Kier molecular flexibility index (Phi) is 8.65. The molecule has 0 spiro atoms. The Morgan fingerprint density at radius 3 is 2.51 bits per heavy atom. The number of carboxylic acid groups (broad SMARTS) is 1. The summed E-state index contributed by atoms with van der Waals surface area (Å²) in [5.41, 5.74) is 1.32. The minimum Gasteiger partial charge on any atom is -0.492 e. The molecule has 7 nitrogen and oxygen atoms in total. The van der Waals surface area contributed by atoms with Gasteiger partial charge in [-0.25, -0.2) is 13.4 Å². The fourth-order valence-corrected chi connectivity index (χ4v) is 7.98. The molecule has 4 aromatic rings. The van der Waals surface area contributed by atoms with Crippen LogP contribution in [-0.4, -0.2) is 41.9 Å². The normalized spacial score (nSPS) is 15.4. The van der Waals surface area contributed by atoms with E-state index in [1.165, 1.54) is 0 Å². The van der Waals surface area contributed by atoms with Crippen molar-refractivity contribution in [3.63, 3.8) is 0 Å². The first kappa shape index (κ1) is 30.7. The summed E-state index contributed by atoms with van der Waals surface area (Å²) in [6, 6.07) is 23.6. The summed E-state index contributed by atoms with van der Waals surface area (Å²) < 4.78 is 33.8. The van der Waals surface area contributed by atoms with Gasteiger partial charge in [-0.2, -0.15) is 0 Å². The molecule has 1 saturated carbocycles. The van der Waals surface area contributed by atoms with Gasteiger partial charge in [-0.15, -0.1) is 0 Å². The van der Waals surface area contributed by atoms with Crippen LogP contribution in [0.25, 0.3) is 23.1 Å². The quantitative estimate of drug-likeness (QED) is 0.174. The van der Waals surface area contributed by atoms with Gasteiger partial charge < -0.3 is 14.9 Å². The number of ether oxygens (including phenoxy) is 1. The van der Waals surface area contributed by atoms with E-state index < -0.39 is 32.1 Å². The first-order chi connectivity index (χ1) is 20.4. The van der Waals surface area contributed by atoms with Crippen LogP contribution >= 0.6 is 11.6 Å². The van der Waals surface area contributed by atoms with Gasteiger partial charge in [-0.3, -0.25) is 4.79 Å². The number of aliphatic carboxylic acids is 1. The van der Waals surface area contributed by atoms with Gasteiger partial charge in [0.25, 0.3) is 0 Å². The van der Waals surface area contributed by atoms with Crippen molar-refractivity contribution in [2.24, 2.45) is 5.41 Å². The Labute approximate surface area is 256 Å². The Hall–Kier alpha value is -3.72. The van der Waals surface area contributed by atoms with Crippen LogP contribution in [0.3, 0.4) is 0 Å². The first-order valence-corrected chi connectivity index (χ1v) is 16.2. The fourth-order valence-electron chi connectivity index (χ4n) is 5.63. The monoisotopic (exact) mass is 619 g/mol. The highest BCUT2D eigenvalue weighted by Gasteiger charge is 2.56. The van der Waals surface area contributed by atoms with Gasteiger partial charge in [0, 0.05) is 21.4 Å². The zero-order valence-electron chi connectivity index (χ0n) is 24.0. The maximum absolute atomic E-state index is 14.0. The second-order valence-corrected chi connectivity index (χ2v) is 14.3. The van der Waals surface area contributed by atoms with Crippen molar-refractivity contribution in [3.05, 3.63) is 106 Å². The molecule has 2 N–H and O–H groups in total. The highest BCUT2D eigenvalue weighted by Crippen LogP contribution is 2.60. The molecule has 0 aliphatic heterocycles. The molecule has 0 saturated heterocycles. The van der Waals surface area contributed by atoms with E-state index in [0.29, 0.717) is 34.7 Å². The number of rotatable bonds is 12. The van der Waals surface area contributed by atoms with Gasteiger partial charge >= 0.3 is 5.97 Å². The number of aromatic nitrogens is 1. The topological polar surface area (TPSA) is 114 Å². The largest absolute Gasteiger partial charge is 0.492 e. The molecule has 5 rings (SSSR count). The molecule has 1 aliphatic carbocycles. The summed E-state index contributed by atoms with van der Waals surface area (Å²) >= 11 is 6.13. The zero-order chi connectivity index (χ0) is 30.8. The summed E-state index contributed by atoms with van der Waals surface area (Å²) in [7, 11) is -3.85. The average Bonchev–Trinajstić information content (AvgIpc) is 3.70. The summed E-state index contributed by atoms with van der Waals surface area (Å²) in [4.78, 5) is 16.5. The van der Waals surface area contributed by atoms with E-state index in [1.807, 2.05) is 48.6 Å². The van der Waals surface area contributed by atoms with E-state index in [1.54, 1.807) is 56.3 Å². The lowest BCUT2D eigenvalue weighted by Gasteiger charge is -2.27. The van der Waals surface area contributed by atoms with E-state index in [0.717, 1.165) is 22.2 Å². The van der Waals surface area contributed by atoms with Gasteiger partial charge in [0.15, 0.2) is 9.84 Å².